The van der Waals surface area contributed by atoms with Gasteiger partial charge in [0.25, 0.3) is 0 Å². The number of hydrogen-bond donors (Lipinski definition) is 1. The minimum atomic E-state index is 0.733. The molecule has 4 nitrogen and oxygen atoms in total. The molecule has 0 spiro atoms. The van der Waals surface area contributed by atoms with Crippen molar-refractivity contribution in [3.05, 3.63) is 34.8 Å². The van der Waals surface area contributed by atoms with Crippen LogP contribution in [0.15, 0.2) is 28.7 Å². The number of fused-ring (bicyclic) bond motifs is 1. The molecule has 0 unspecified atom stereocenters. The van der Waals surface area contributed by atoms with E-state index in [1.807, 2.05) is 25.2 Å². The topological polar surface area (TPSA) is 51.0 Å². The lowest BCUT2D eigenvalue weighted by atomic mass is 10.2. The monoisotopic (exact) mass is 259 g/mol. The molecule has 0 bridgehead atoms. The van der Waals surface area contributed by atoms with Crippen molar-refractivity contribution >= 4 is 22.3 Å². The molecule has 92 valence electrons. The Morgan fingerprint density at radius 2 is 2.17 bits per heavy atom. The van der Waals surface area contributed by atoms with E-state index in [9.17, 15) is 0 Å². The molecule has 5 heteroatoms. The first-order valence-electron chi connectivity index (χ1n) is 5.74. The van der Waals surface area contributed by atoms with Crippen LogP contribution in [0, 0.1) is 6.92 Å². The van der Waals surface area contributed by atoms with Gasteiger partial charge in [0, 0.05) is 11.9 Å². The summed E-state index contributed by atoms with van der Waals surface area (Å²) in [5.74, 6) is 0.787. The summed E-state index contributed by atoms with van der Waals surface area (Å²) in [6, 6.07) is 8.16. The third kappa shape index (κ3) is 2.02. The fraction of sp³-hybridized carbons (Fsp3) is 0.231. The number of aryl methyl sites for hydroxylation is 1. The number of nitrogens with zero attached hydrogens (tertiary/aromatic N) is 2. The van der Waals surface area contributed by atoms with Gasteiger partial charge in [-0.25, -0.2) is 0 Å². The molecule has 0 aliphatic rings. The van der Waals surface area contributed by atoms with Gasteiger partial charge in [0.15, 0.2) is 10.8 Å². The van der Waals surface area contributed by atoms with E-state index in [-0.39, 0.29) is 0 Å². The van der Waals surface area contributed by atoms with E-state index < -0.39 is 0 Å². The zero-order valence-corrected chi connectivity index (χ0v) is 11.0. The Balaban J connectivity index is 2.02. The van der Waals surface area contributed by atoms with Crippen LogP contribution in [0.3, 0.4) is 0 Å². The van der Waals surface area contributed by atoms with Gasteiger partial charge in [-0.15, -0.1) is 10.2 Å². The second kappa shape index (κ2) is 4.51. The van der Waals surface area contributed by atoms with Crippen LogP contribution in [-0.2, 0) is 6.54 Å². The maximum Gasteiger partial charge on any atom is 0.183 e. The molecule has 0 amide bonds. The Morgan fingerprint density at radius 3 is 3.00 bits per heavy atom. The number of furan rings is 1. The maximum absolute atomic E-state index is 5.79. The van der Waals surface area contributed by atoms with Crippen LogP contribution in [0.1, 0.15) is 10.6 Å². The first-order valence-corrected chi connectivity index (χ1v) is 6.55. The van der Waals surface area contributed by atoms with Gasteiger partial charge in [-0.3, -0.25) is 0 Å². The van der Waals surface area contributed by atoms with Crippen LogP contribution in [0.25, 0.3) is 21.7 Å². The highest BCUT2D eigenvalue weighted by Gasteiger charge is 2.11. The average molecular weight is 259 g/mol. The molecule has 0 fully saturated rings. The Bertz CT molecular complexity index is 686. The fourth-order valence-electron chi connectivity index (χ4n) is 1.84. The summed E-state index contributed by atoms with van der Waals surface area (Å²) in [5, 5.41) is 14.2. The standard InChI is InChI=1S/C13H13N3OS/c1-8-3-4-10-9(5-8)6-11(17-10)13-16-15-12(18-13)7-14-2/h3-6,14H,7H2,1-2H3. The smallest absolute Gasteiger partial charge is 0.183 e. The molecule has 1 N–H and O–H groups in total. The first kappa shape index (κ1) is 11.4. The summed E-state index contributed by atoms with van der Waals surface area (Å²) in [4.78, 5) is 0. The van der Waals surface area contributed by atoms with E-state index in [1.165, 1.54) is 5.56 Å². The van der Waals surface area contributed by atoms with E-state index in [4.69, 9.17) is 4.42 Å². The SMILES string of the molecule is CNCc1nnc(-c2cc3cc(C)ccc3o2)s1. The number of rotatable bonds is 3. The molecule has 1 aromatic carbocycles. The van der Waals surface area contributed by atoms with Crippen molar-refractivity contribution in [2.75, 3.05) is 7.05 Å². The highest BCUT2D eigenvalue weighted by Crippen LogP contribution is 2.30. The number of aromatic nitrogens is 2. The minimum Gasteiger partial charge on any atom is -0.453 e. The molecular formula is C13H13N3OS. The van der Waals surface area contributed by atoms with Crippen LogP contribution in [0.2, 0.25) is 0 Å². The van der Waals surface area contributed by atoms with Gasteiger partial charge in [-0.1, -0.05) is 23.0 Å². The quantitative estimate of drug-likeness (QED) is 0.785. The highest BCUT2D eigenvalue weighted by atomic mass is 32.1. The van der Waals surface area contributed by atoms with Gasteiger partial charge < -0.3 is 9.73 Å². The molecular weight excluding hydrogens is 246 g/mol. The molecule has 3 rings (SSSR count). The molecule has 0 atom stereocenters. The molecule has 0 saturated carbocycles. The van der Waals surface area contributed by atoms with Crippen LogP contribution in [-0.4, -0.2) is 17.2 Å². The summed E-state index contributed by atoms with van der Waals surface area (Å²) in [7, 11) is 1.89. The van der Waals surface area contributed by atoms with Crippen molar-refractivity contribution in [1.82, 2.24) is 15.5 Å². The average Bonchev–Trinajstić information content (AvgIpc) is 2.94. The molecule has 0 aliphatic heterocycles. The van der Waals surface area contributed by atoms with Crippen molar-refractivity contribution in [3.8, 4) is 10.8 Å². The van der Waals surface area contributed by atoms with E-state index in [0.29, 0.717) is 0 Å². The summed E-state index contributed by atoms with van der Waals surface area (Å²) < 4.78 is 5.79. The van der Waals surface area contributed by atoms with Crippen molar-refractivity contribution in [3.63, 3.8) is 0 Å². The highest BCUT2D eigenvalue weighted by molar-refractivity contribution is 7.14. The van der Waals surface area contributed by atoms with Gasteiger partial charge >= 0.3 is 0 Å². The predicted octanol–water partition coefficient (Wildman–Crippen LogP) is 2.98. The van der Waals surface area contributed by atoms with E-state index >= 15 is 0 Å². The first-order chi connectivity index (χ1) is 8.76. The maximum atomic E-state index is 5.79. The summed E-state index contributed by atoms with van der Waals surface area (Å²) >= 11 is 1.55. The second-order valence-electron chi connectivity index (χ2n) is 4.18. The number of hydrogen-bond acceptors (Lipinski definition) is 5. The molecule has 0 saturated heterocycles. The zero-order chi connectivity index (χ0) is 12.5. The lowest BCUT2D eigenvalue weighted by Gasteiger charge is -1.89. The van der Waals surface area contributed by atoms with Gasteiger partial charge in [-0.05, 0) is 32.2 Å². The van der Waals surface area contributed by atoms with Gasteiger partial charge in [-0.2, -0.15) is 0 Å². The second-order valence-corrected chi connectivity index (χ2v) is 5.25. The molecule has 2 aromatic heterocycles. The molecule has 2 heterocycles. The Hall–Kier alpha value is -1.72. The Morgan fingerprint density at radius 1 is 1.28 bits per heavy atom. The summed E-state index contributed by atoms with van der Waals surface area (Å²) in [6.07, 6.45) is 0. The van der Waals surface area contributed by atoms with Crippen molar-refractivity contribution in [2.45, 2.75) is 13.5 Å². The predicted molar refractivity (Wildman–Crippen MR) is 72.6 cm³/mol. The Labute approximate surface area is 109 Å². The molecule has 0 aliphatic carbocycles. The molecule has 0 radical (unpaired) electrons. The largest absolute Gasteiger partial charge is 0.453 e. The van der Waals surface area contributed by atoms with Crippen LogP contribution >= 0.6 is 11.3 Å². The van der Waals surface area contributed by atoms with Gasteiger partial charge in [0.05, 0.1) is 0 Å². The fourth-order valence-corrected chi connectivity index (χ4v) is 2.65. The van der Waals surface area contributed by atoms with E-state index in [0.717, 1.165) is 33.3 Å². The van der Waals surface area contributed by atoms with E-state index in [1.54, 1.807) is 11.3 Å². The van der Waals surface area contributed by atoms with Crippen molar-refractivity contribution in [2.24, 2.45) is 0 Å². The van der Waals surface area contributed by atoms with Gasteiger partial charge in [0.2, 0.25) is 0 Å². The lowest BCUT2D eigenvalue weighted by molar-refractivity contribution is 0.629. The molecule has 18 heavy (non-hydrogen) atoms. The third-order valence-electron chi connectivity index (χ3n) is 2.68. The third-order valence-corrected chi connectivity index (χ3v) is 3.62. The summed E-state index contributed by atoms with van der Waals surface area (Å²) in [5.41, 5.74) is 2.11. The van der Waals surface area contributed by atoms with Crippen LogP contribution < -0.4 is 5.32 Å². The van der Waals surface area contributed by atoms with Crippen molar-refractivity contribution in [1.29, 1.82) is 0 Å². The number of nitrogens with one attached hydrogen (secondary N) is 1. The van der Waals surface area contributed by atoms with Crippen LogP contribution in [0.4, 0.5) is 0 Å². The van der Waals surface area contributed by atoms with Gasteiger partial charge in [0.1, 0.15) is 10.6 Å². The summed E-state index contributed by atoms with van der Waals surface area (Å²) in [6.45, 7) is 2.80. The minimum absolute atomic E-state index is 0.733. The zero-order valence-electron chi connectivity index (χ0n) is 10.2. The number of benzene rings is 1. The molecule has 3 aromatic rings. The van der Waals surface area contributed by atoms with Crippen LogP contribution in [0.5, 0.6) is 0 Å². The van der Waals surface area contributed by atoms with Crippen molar-refractivity contribution < 1.29 is 4.42 Å². The Kier molecular flexibility index (Phi) is 2.85. The normalized spacial score (nSPS) is 11.2. The van der Waals surface area contributed by atoms with E-state index in [2.05, 4.69) is 28.5 Å². The lowest BCUT2D eigenvalue weighted by Crippen LogP contribution is -2.04.